The van der Waals surface area contributed by atoms with E-state index in [-0.39, 0.29) is 11.5 Å². The Labute approximate surface area is 90.9 Å². The third kappa shape index (κ3) is 2.15. The van der Waals surface area contributed by atoms with E-state index in [9.17, 15) is 5.11 Å². The van der Waals surface area contributed by atoms with Crippen LogP contribution in [-0.4, -0.2) is 18.3 Å². The molecule has 1 aliphatic carbocycles. The van der Waals surface area contributed by atoms with E-state index >= 15 is 0 Å². The maximum atomic E-state index is 9.68. The largest absolute Gasteiger partial charge is 0.497 e. The molecule has 82 valence electrons. The van der Waals surface area contributed by atoms with Crippen LogP contribution in [0.2, 0.25) is 0 Å². The van der Waals surface area contributed by atoms with Gasteiger partial charge in [-0.2, -0.15) is 0 Å². The van der Waals surface area contributed by atoms with Crippen molar-refractivity contribution in [1.29, 1.82) is 0 Å². The molecule has 0 spiro atoms. The van der Waals surface area contributed by atoms with Crippen LogP contribution in [0.25, 0.3) is 0 Å². The van der Waals surface area contributed by atoms with E-state index in [0.717, 1.165) is 25.0 Å². The van der Waals surface area contributed by atoms with Gasteiger partial charge in [-0.05, 0) is 43.9 Å². The van der Waals surface area contributed by atoms with Gasteiger partial charge >= 0.3 is 0 Å². The molecule has 1 fully saturated rings. The Kier molecular flexibility index (Phi) is 2.70. The lowest BCUT2D eigenvalue weighted by molar-refractivity contribution is 0.110. The Hall–Kier alpha value is -1.02. The Bertz CT molecular complexity index is 323. The standard InChI is InChI=1S/C13H18O2/c1-10(14)13(7-8-13)9-11-3-5-12(15-2)6-4-11/h3-6,10,14H,7-9H2,1-2H3. The molecule has 0 radical (unpaired) electrons. The van der Waals surface area contributed by atoms with Gasteiger partial charge in [0.2, 0.25) is 0 Å². The highest BCUT2D eigenvalue weighted by molar-refractivity contribution is 5.28. The minimum absolute atomic E-state index is 0.161. The number of aliphatic hydroxyl groups is 1. The number of aliphatic hydroxyl groups excluding tert-OH is 1. The van der Waals surface area contributed by atoms with E-state index in [4.69, 9.17) is 4.74 Å². The average molecular weight is 206 g/mol. The first-order chi connectivity index (χ1) is 7.16. The fourth-order valence-electron chi connectivity index (χ4n) is 2.05. The summed E-state index contributed by atoms with van der Waals surface area (Å²) in [6.07, 6.45) is 3.09. The number of hydrogen-bond acceptors (Lipinski definition) is 2. The van der Waals surface area contributed by atoms with Crippen molar-refractivity contribution in [2.45, 2.75) is 32.3 Å². The normalized spacial score (nSPS) is 19.7. The van der Waals surface area contributed by atoms with E-state index in [1.54, 1.807) is 7.11 Å². The van der Waals surface area contributed by atoms with Crippen molar-refractivity contribution >= 4 is 0 Å². The van der Waals surface area contributed by atoms with Crippen molar-refractivity contribution in [3.05, 3.63) is 29.8 Å². The minimum Gasteiger partial charge on any atom is -0.497 e. The molecule has 1 saturated carbocycles. The smallest absolute Gasteiger partial charge is 0.118 e. The molecule has 1 unspecified atom stereocenters. The highest BCUT2D eigenvalue weighted by Gasteiger charge is 2.46. The van der Waals surface area contributed by atoms with Crippen LogP contribution in [0.3, 0.4) is 0 Å². The van der Waals surface area contributed by atoms with Crippen LogP contribution in [0.1, 0.15) is 25.3 Å². The van der Waals surface area contributed by atoms with Crippen LogP contribution in [-0.2, 0) is 6.42 Å². The molecule has 0 aliphatic heterocycles. The van der Waals surface area contributed by atoms with Gasteiger partial charge in [-0.15, -0.1) is 0 Å². The second-order valence-electron chi connectivity index (χ2n) is 4.56. The molecule has 1 aliphatic rings. The van der Waals surface area contributed by atoms with E-state index in [1.165, 1.54) is 5.56 Å². The van der Waals surface area contributed by atoms with Crippen LogP contribution in [0.5, 0.6) is 5.75 Å². The topological polar surface area (TPSA) is 29.5 Å². The molecule has 1 N–H and O–H groups in total. The molecule has 0 aromatic heterocycles. The first kappa shape index (κ1) is 10.5. The van der Waals surface area contributed by atoms with Crippen molar-refractivity contribution in [1.82, 2.24) is 0 Å². The fraction of sp³-hybridized carbons (Fsp3) is 0.538. The lowest BCUT2D eigenvalue weighted by atomic mass is 9.92. The van der Waals surface area contributed by atoms with E-state index in [0.29, 0.717) is 0 Å². The summed E-state index contributed by atoms with van der Waals surface area (Å²) < 4.78 is 5.11. The summed E-state index contributed by atoms with van der Waals surface area (Å²) in [5.74, 6) is 0.889. The first-order valence-electron chi connectivity index (χ1n) is 5.47. The third-order valence-electron chi connectivity index (χ3n) is 3.49. The summed E-state index contributed by atoms with van der Waals surface area (Å²) in [5.41, 5.74) is 1.45. The molecule has 15 heavy (non-hydrogen) atoms. The lowest BCUT2D eigenvalue weighted by Gasteiger charge is -2.18. The van der Waals surface area contributed by atoms with Gasteiger partial charge < -0.3 is 9.84 Å². The molecule has 0 bridgehead atoms. The zero-order valence-electron chi connectivity index (χ0n) is 9.36. The molecule has 1 aromatic rings. The summed E-state index contributed by atoms with van der Waals surface area (Å²) in [4.78, 5) is 0. The van der Waals surface area contributed by atoms with Crippen LogP contribution >= 0.6 is 0 Å². The predicted octanol–water partition coefficient (Wildman–Crippen LogP) is 2.40. The third-order valence-corrected chi connectivity index (χ3v) is 3.49. The molecule has 1 aromatic carbocycles. The minimum atomic E-state index is -0.195. The zero-order chi connectivity index (χ0) is 10.9. The van der Waals surface area contributed by atoms with Gasteiger partial charge in [0.05, 0.1) is 13.2 Å². The molecule has 0 heterocycles. The summed E-state index contributed by atoms with van der Waals surface area (Å²) in [6, 6.07) is 8.13. The van der Waals surface area contributed by atoms with Gasteiger partial charge in [0.1, 0.15) is 5.75 Å². The second kappa shape index (κ2) is 3.86. The predicted molar refractivity (Wildman–Crippen MR) is 60.0 cm³/mol. The van der Waals surface area contributed by atoms with Crippen molar-refractivity contribution in [3.63, 3.8) is 0 Å². The summed E-state index contributed by atoms with van der Waals surface area (Å²) in [6.45, 7) is 1.90. The fourth-order valence-corrected chi connectivity index (χ4v) is 2.05. The summed E-state index contributed by atoms with van der Waals surface area (Å²) >= 11 is 0. The number of benzene rings is 1. The number of methoxy groups -OCH3 is 1. The molecular formula is C13H18O2. The Morgan fingerprint density at radius 3 is 2.33 bits per heavy atom. The number of rotatable bonds is 4. The van der Waals surface area contributed by atoms with Gasteiger partial charge in [-0.3, -0.25) is 0 Å². The lowest BCUT2D eigenvalue weighted by Crippen LogP contribution is -2.20. The van der Waals surface area contributed by atoms with Gasteiger partial charge in [-0.25, -0.2) is 0 Å². The summed E-state index contributed by atoms with van der Waals surface area (Å²) in [5, 5.41) is 9.68. The molecular weight excluding hydrogens is 188 g/mol. The Balaban J connectivity index is 2.05. The van der Waals surface area contributed by atoms with Crippen LogP contribution in [0, 0.1) is 5.41 Å². The number of ether oxygens (including phenoxy) is 1. The Morgan fingerprint density at radius 1 is 1.33 bits per heavy atom. The van der Waals surface area contributed by atoms with Gasteiger partial charge in [0, 0.05) is 5.41 Å². The maximum Gasteiger partial charge on any atom is 0.118 e. The first-order valence-corrected chi connectivity index (χ1v) is 5.47. The van der Waals surface area contributed by atoms with Crippen molar-refractivity contribution in [2.24, 2.45) is 5.41 Å². The van der Waals surface area contributed by atoms with Crippen molar-refractivity contribution in [3.8, 4) is 5.75 Å². The number of hydrogen-bond donors (Lipinski definition) is 1. The average Bonchev–Trinajstić information content (AvgIpc) is 3.00. The van der Waals surface area contributed by atoms with Crippen LogP contribution in [0.4, 0.5) is 0 Å². The Morgan fingerprint density at radius 2 is 1.93 bits per heavy atom. The SMILES string of the molecule is COc1ccc(CC2(C(C)O)CC2)cc1. The molecule has 2 nitrogen and oxygen atoms in total. The molecule has 1 atom stereocenters. The van der Waals surface area contributed by atoms with Gasteiger partial charge in [0.25, 0.3) is 0 Å². The van der Waals surface area contributed by atoms with E-state index in [2.05, 4.69) is 12.1 Å². The van der Waals surface area contributed by atoms with E-state index in [1.807, 2.05) is 19.1 Å². The van der Waals surface area contributed by atoms with Crippen molar-refractivity contribution < 1.29 is 9.84 Å². The molecule has 2 rings (SSSR count). The van der Waals surface area contributed by atoms with Gasteiger partial charge in [0.15, 0.2) is 0 Å². The van der Waals surface area contributed by atoms with Crippen molar-refractivity contribution in [2.75, 3.05) is 7.11 Å². The maximum absolute atomic E-state index is 9.68. The highest BCUT2D eigenvalue weighted by Crippen LogP contribution is 2.51. The van der Waals surface area contributed by atoms with Crippen LogP contribution in [0.15, 0.2) is 24.3 Å². The molecule has 0 amide bonds. The molecule has 0 saturated heterocycles. The van der Waals surface area contributed by atoms with Crippen LogP contribution < -0.4 is 4.74 Å². The zero-order valence-corrected chi connectivity index (χ0v) is 9.36. The summed E-state index contributed by atoms with van der Waals surface area (Å²) in [7, 11) is 1.67. The monoisotopic (exact) mass is 206 g/mol. The van der Waals surface area contributed by atoms with Gasteiger partial charge in [-0.1, -0.05) is 12.1 Å². The van der Waals surface area contributed by atoms with E-state index < -0.39 is 0 Å². The second-order valence-corrected chi connectivity index (χ2v) is 4.56. The molecule has 2 heteroatoms. The highest BCUT2D eigenvalue weighted by atomic mass is 16.5. The quantitative estimate of drug-likeness (QED) is 0.819.